The number of hydrogen-bond donors (Lipinski definition) is 0. The molecule has 7 nitrogen and oxygen atoms in total. The van der Waals surface area contributed by atoms with Gasteiger partial charge in [0.05, 0.1) is 17.5 Å². The van der Waals surface area contributed by atoms with Gasteiger partial charge >= 0.3 is 0 Å². The molecular formula is C26H25N3O4. The summed E-state index contributed by atoms with van der Waals surface area (Å²) in [6.07, 6.45) is 1.69. The van der Waals surface area contributed by atoms with Crippen LogP contribution in [0.5, 0.6) is 0 Å². The molecule has 0 bridgehead atoms. The van der Waals surface area contributed by atoms with Gasteiger partial charge in [0.1, 0.15) is 5.54 Å². The van der Waals surface area contributed by atoms with Gasteiger partial charge in [-0.2, -0.15) is 0 Å². The van der Waals surface area contributed by atoms with E-state index in [1.807, 2.05) is 31.2 Å². The zero-order valence-corrected chi connectivity index (χ0v) is 18.7. The lowest BCUT2D eigenvalue weighted by Gasteiger charge is -2.37. The zero-order chi connectivity index (χ0) is 23.1. The molecule has 4 aliphatic heterocycles. The van der Waals surface area contributed by atoms with E-state index in [0.29, 0.717) is 24.3 Å². The standard InChI is InChI=1S/C26H25N3O4/c1-3-27-19-8-5-4-7-18(19)26(25(27)33)22-21(20-9-6-14-28(20)26)23(31)29(24(22)32)17-12-10-16(11-13-17)15(2)30/h4-5,7-8,10-13,20-22H,3,6,9,14H2,1-2H3/t20-,21-,22+,26-/m1/s1. The fourth-order valence-corrected chi connectivity index (χ4v) is 6.75. The molecule has 3 fully saturated rings. The summed E-state index contributed by atoms with van der Waals surface area (Å²) in [5, 5.41) is 0. The Morgan fingerprint density at radius 1 is 1.03 bits per heavy atom. The number of anilines is 2. The Morgan fingerprint density at radius 3 is 2.45 bits per heavy atom. The molecular weight excluding hydrogens is 418 g/mol. The van der Waals surface area contributed by atoms with Gasteiger partial charge < -0.3 is 4.90 Å². The molecule has 0 aliphatic carbocycles. The van der Waals surface area contributed by atoms with Crippen molar-refractivity contribution >= 4 is 34.9 Å². The molecule has 33 heavy (non-hydrogen) atoms. The van der Waals surface area contributed by atoms with Crippen LogP contribution in [0.1, 0.15) is 42.6 Å². The molecule has 4 heterocycles. The summed E-state index contributed by atoms with van der Waals surface area (Å²) in [5.41, 5.74) is 1.51. The summed E-state index contributed by atoms with van der Waals surface area (Å²) < 4.78 is 0. The van der Waals surface area contributed by atoms with Crippen molar-refractivity contribution in [3.05, 3.63) is 59.7 Å². The van der Waals surface area contributed by atoms with E-state index in [1.54, 1.807) is 29.2 Å². The fraction of sp³-hybridized carbons (Fsp3) is 0.385. The number of benzene rings is 2. The van der Waals surface area contributed by atoms with Crippen molar-refractivity contribution in [2.75, 3.05) is 22.9 Å². The summed E-state index contributed by atoms with van der Waals surface area (Å²) >= 11 is 0. The van der Waals surface area contributed by atoms with Crippen LogP contribution in [0.4, 0.5) is 11.4 Å². The Balaban J connectivity index is 1.52. The number of imide groups is 1. The van der Waals surface area contributed by atoms with Gasteiger partial charge in [0.2, 0.25) is 11.8 Å². The lowest BCUT2D eigenvalue weighted by molar-refractivity contribution is -0.137. The molecule has 0 unspecified atom stereocenters. The third-order valence-electron chi connectivity index (χ3n) is 7.99. The summed E-state index contributed by atoms with van der Waals surface area (Å²) in [4.78, 5) is 58.7. The SMILES string of the molecule is CCN1C(=O)[C@@]2(c3ccccc31)[C@@H]1C(=O)N(c3ccc(C(C)=O)cc3)C(=O)[C@@H]1[C@H]1CCCN12. The molecule has 168 valence electrons. The average molecular weight is 444 g/mol. The fourth-order valence-electron chi connectivity index (χ4n) is 6.75. The molecule has 2 aromatic rings. The van der Waals surface area contributed by atoms with Crippen molar-refractivity contribution in [2.45, 2.75) is 38.3 Å². The lowest BCUT2D eigenvalue weighted by Crippen LogP contribution is -2.56. The van der Waals surface area contributed by atoms with E-state index in [4.69, 9.17) is 0 Å². The number of carbonyl (C=O) groups is 4. The number of amides is 3. The number of fused-ring (bicyclic) bond motifs is 7. The molecule has 3 amide bonds. The Labute approximate surface area is 191 Å². The molecule has 4 atom stereocenters. The number of Topliss-reactive ketones (excluding diaryl/α,β-unsaturated/α-hetero) is 1. The lowest BCUT2D eigenvalue weighted by atomic mass is 9.75. The minimum absolute atomic E-state index is 0.0779. The van der Waals surface area contributed by atoms with Crippen LogP contribution in [0.3, 0.4) is 0 Å². The first-order chi connectivity index (χ1) is 15.9. The highest BCUT2D eigenvalue weighted by Crippen LogP contribution is 2.61. The van der Waals surface area contributed by atoms with Crippen molar-refractivity contribution in [2.24, 2.45) is 11.8 Å². The van der Waals surface area contributed by atoms with E-state index in [9.17, 15) is 19.2 Å². The molecule has 2 aromatic carbocycles. The third-order valence-corrected chi connectivity index (χ3v) is 7.99. The van der Waals surface area contributed by atoms with E-state index in [1.165, 1.54) is 11.8 Å². The average Bonchev–Trinajstić information content (AvgIpc) is 3.51. The monoisotopic (exact) mass is 443 g/mol. The van der Waals surface area contributed by atoms with Gasteiger partial charge in [0.25, 0.3) is 5.91 Å². The molecule has 0 saturated carbocycles. The van der Waals surface area contributed by atoms with Gasteiger partial charge in [-0.15, -0.1) is 0 Å². The number of rotatable bonds is 3. The highest BCUT2D eigenvalue weighted by molar-refractivity contribution is 6.26. The first-order valence-electron chi connectivity index (χ1n) is 11.6. The van der Waals surface area contributed by atoms with Gasteiger partial charge in [0.15, 0.2) is 5.78 Å². The van der Waals surface area contributed by atoms with Crippen LogP contribution in [0.2, 0.25) is 0 Å². The van der Waals surface area contributed by atoms with Crippen LogP contribution in [0.15, 0.2) is 48.5 Å². The molecule has 4 aliphatic rings. The molecule has 0 N–H and O–H groups in total. The highest BCUT2D eigenvalue weighted by Gasteiger charge is 2.75. The van der Waals surface area contributed by atoms with Gasteiger partial charge in [-0.05, 0) is 63.6 Å². The summed E-state index contributed by atoms with van der Waals surface area (Å²) in [6, 6.07) is 14.1. The third kappa shape index (κ3) is 2.33. The van der Waals surface area contributed by atoms with Gasteiger partial charge in [-0.1, -0.05) is 18.2 Å². The Morgan fingerprint density at radius 2 is 1.76 bits per heavy atom. The topological polar surface area (TPSA) is 78.0 Å². The minimum atomic E-state index is -1.14. The van der Waals surface area contributed by atoms with Gasteiger partial charge in [-0.25, -0.2) is 4.90 Å². The Bertz CT molecular complexity index is 1220. The quantitative estimate of drug-likeness (QED) is 0.539. The number of carbonyl (C=O) groups excluding carboxylic acids is 4. The summed E-state index contributed by atoms with van der Waals surface area (Å²) in [5.74, 6) is -2.05. The predicted octanol–water partition coefficient (Wildman–Crippen LogP) is 2.73. The van der Waals surface area contributed by atoms with Gasteiger partial charge in [0, 0.05) is 29.4 Å². The first-order valence-corrected chi connectivity index (χ1v) is 11.6. The van der Waals surface area contributed by atoms with Crippen molar-refractivity contribution in [1.82, 2.24) is 4.90 Å². The van der Waals surface area contributed by atoms with Crippen LogP contribution < -0.4 is 9.80 Å². The smallest absolute Gasteiger partial charge is 0.253 e. The second-order valence-electron chi connectivity index (χ2n) is 9.35. The van der Waals surface area contributed by atoms with E-state index >= 15 is 0 Å². The van der Waals surface area contributed by atoms with Crippen LogP contribution >= 0.6 is 0 Å². The number of nitrogens with zero attached hydrogens (tertiary/aromatic N) is 3. The molecule has 6 rings (SSSR count). The maximum absolute atomic E-state index is 14.1. The molecule has 7 heteroatoms. The van der Waals surface area contributed by atoms with Crippen molar-refractivity contribution in [1.29, 1.82) is 0 Å². The highest BCUT2D eigenvalue weighted by atomic mass is 16.2. The normalized spacial score (nSPS) is 30.4. The molecule has 3 saturated heterocycles. The van der Waals surface area contributed by atoms with E-state index < -0.39 is 17.4 Å². The van der Waals surface area contributed by atoms with E-state index in [0.717, 1.165) is 24.1 Å². The second-order valence-corrected chi connectivity index (χ2v) is 9.35. The molecule has 0 aromatic heterocycles. The second kappa shape index (κ2) is 6.84. The maximum atomic E-state index is 14.1. The van der Waals surface area contributed by atoms with Crippen molar-refractivity contribution < 1.29 is 19.2 Å². The number of ketones is 1. The molecule has 0 radical (unpaired) electrons. The molecule has 1 spiro atoms. The summed E-state index contributed by atoms with van der Waals surface area (Å²) in [6.45, 7) is 4.62. The Kier molecular flexibility index (Phi) is 4.21. The first kappa shape index (κ1) is 20.3. The number of hydrogen-bond acceptors (Lipinski definition) is 5. The van der Waals surface area contributed by atoms with Crippen LogP contribution in [-0.2, 0) is 19.9 Å². The summed E-state index contributed by atoms with van der Waals surface area (Å²) in [7, 11) is 0. The largest absolute Gasteiger partial charge is 0.310 e. The maximum Gasteiger partial charge on any atom is 0.253 e. The van der Waals surface area contributed by atoms with Gasteiger partial charge in [-0.3, -0.25) is 24.1 Å². The minimum Gasteiger partial charge on any atom is -0.310 e. The van der Waals surface area contributed by atoms with E-state index in [2.05, 4.69) is 4.90 Å². The van der Waals surface area contributed by atoms with E-state index in [-0.39, 0.29) is 29.5 Å². The van der Waals surface area contributed by atoms with Crippen molar-refractivity contribution in [3.63, 3.8) is 0 Å². The Hall–Kier alpha value is -3.32. The predicted molar refractivity (Wildman–Crippen MR) is 122 cm³/mol. The van der Waals surface area contributed by atoms with Crippen LogP contribution in [0, 0.1) is 11.8 Å². The number of para-hydroxylation sites is 1. The number of likely N-dealkylation sites (N-methyl/N-ethyl adjacent to an activating group) is 1. The van der Waals surface area contributed by atoms with Crippen LogP contribution in [0.25, 0.3) is 0 Å². The van der Waals surface area contributed by atoms with Crippen LogP contribution in [-0.4, -0.2) is 47.5 Å². The van der Waals surface area contributed by atoms with Crippen molar-refractivity contribution in [3.8, 4) is 0 Å². The zero-order valence-electron chi connectivity index (χ0n) is 18.7.